The fraction of sp³-hybridized carbons (Fsp3) is 0.200. The Bertz CT molecular complexity index is 645. The van der Waals surface area contributed by atoms with E-state index in [2.05, 4.69) is 10.3 Å². The van der Waals surface area contributed by atoms with Gasteiger partial charge in [0.15, 0.2) is 11.3 Å². The van der Waals surface area contributed by atoms with Crippen LogP contribution in [0.1, 0.15) is 17.2 Å². The summed E-state index contributed by atoms with van der Waals surface area (Å²) in [6.45, 7) is 0.538. The maximum Gasteiger partial charge on any atom is 0.258 e. The predicted octanol–water partition coefficient (Wildman–Crippen LogP) is 2.99. The van der Waals surface area contributed by atoms with Crippen molar-refractivity contribution in [2.45, 2.75) is 12.5 Å². The van der Waals surface area contributed by atoms with Gasteiger partial charge in [-0.3, -0.25) is 4.79 Å². The van der Waals surface area contributed by atoms with Crippen LogP contribution >= 0.6 is 11.6 Å². The summed E-state index contributed by atoms with van der Waals surface area (Å²) in [6, 6.07) is 11.2. The third-order valence-corrected chi connectivity index (χ3v) is 3.55. The van der Waals surface area contributed by atoms with Gasteiger partial charge in [-0.15, -0.1) is 0 Å². The Morgan fingerprint density at radius 3 is 3.00 bits per heavy atom. The van der Waals surface area contributed by atoms with Crippen molar-refractivity contribution in [3.8, 4) is 0 Å². The molecule has 3 rings (SSSR count). The number of benzene rings is 1. The molecule has 1 aliphatic rings. The number of hydrogen-bond donors (Lipinski definition) is 1. The number of anilines is 1. The van der Waals surface area contributed by atoms with E-state index in [-0.39, 0.29) is 11.1 Å². The van der Waals surface area contributed by atoms with E-state index in [1.165, 1.54) is 0 Å². The van der Waals surface area contributed by atoms with Crippen LogP contribution in [0.4, 0.5) is 5.69 Å². The normalized spacial score (nSPS) is 17.4. The lowest BCUT2D eigenvalue weighted by Crippen LogP contribution is -2.28. The van der Waals surface area contributed by atoms with Crippen LogP contribution in [0.2, 0.25) is 5.15 Å². The number of aromatic nitrogens is 1. The Morgan fingerprint density at radius 1 is 1.30 bits per heavy atom. The van der Waals surface area contributed by atoms with Crippen molar-refractivity contribution in [1.29, 1.82) is 0 Å². The molecule has 2 aromatic rings. The standard InChI is InChI=1S/C15H13ClN2O2/c16-14-12(6-3-8-17-14)18-15(19)13-11-5-2-1-4-10(11)7-9-20-13/h1-6,8,13H,7,9H2,(H,18,19). The first kappa shape index (κ1) is 13.1. The van der Waals surface area contributed by atoms with E-state index in [1.54, 1.807) is 18.3 Å². The molecule has 5 heteroatoms. The van der Waals surface area contributed by atoms with Crippen molar-refractivity contribution in [3.05, 3.63) is 58.9 Å². The number of nitrogens with one attached hydrogen (secondary N) is 1. The van der Waals surface area contributed by atoms with Gasteiger partial charge < -0.3 is 10.1 Å². The third-order valence-electron chi connectivity index (χ3n) is 3.25. The highest BCUT2D eigenvalue weighted by Gasteiger charge is 2.27. The largest absolute Gasteiger partial charge is 0.363 e. The minimum absolute atomic E-state index is 0.230. The monoisotopic (exact) mass is 288 g/mol. The number of hydrogen-bond acceptors (Lipinski definition) is 3. The summed E-state index contributed by atoms with van der Waals surface area (Å²) in [7, 11) is 0. The van der Waals surface area contributed by atoms with Gasteiger partial charge in [0.2, 0.25) is 0 Å². The second-order valence-corrected chi connectivity index (χ2v) is 4.89. The van der Waals surface area contributed by atoms with Crippen LogP contribution in [0.3, 0.4) is 0 Å². The van der Waals surface area contributed by atoms with E-state index in [0.29, 0.717) is 12.3 Å². The molecule has 2 heterocycles. The highest BCUT2D eigenvalue weighted by molar-refractivity contribution is 6.32. The Hall–Kier alpha value is -1.91. The van der Waals surface area contributed by atoms with E-state index in [4.69, 9.17) is 16.3 Å². The smallest absolute Gasteiger partial charge is 0.258 e. The number of ether oxygens (including phenoxy) is 1. The zero-order valence-corrected chi connectivity index (χ0v) is 11.4. The summed E-state index contributed by atoms with van der Waals surface area (Å²) in [4.78, 5) is 16.3. The topological polar surface area (TPSA) is 51.2 Å². The fourth-order valence-electron chi connectivity index (χ4n) is 2.29. The van der Waals surface area contributed by atoms with E-state index in [1.807, 2.05) is 24.3 Å². The summed E-state index contributed by atoms with van der Waals surface area (Å²) in [5, 5.41) is 3.03. The van der Waals surface area contributed by atoms with E-state index in [0.717, 1.165) is 17.5 Å². The van der Waals surface area contributed by atoms with Gasteiger partial charge in [-0.05, 0) is 29.7 Å². The van der Waals surface area contributed by atoms with Crippen molar-refractivity contribution in [2.24, 2.45) is 0 Å². The molecule has 1 aliphatic heterocycles. The first-order chi connectivity index (χ1) is 9.75. The van der Waals surface area contributed by atoms with Gasteiger partial charge in [-0.1, -0.05) is 35.9 Å². The fourth-order valence-corrected chi connectivity index (χ4v) is 2.46. The molecule has 1 atom stereocenters. The Balaban J connectivity index is 1.84. The summed E-state index contributed by atoms with van der Waals surface area (Å²) >= 11 is 5.94. The quantitative estimate of drug-likeness (QED) is 0.864. The summed E-state index contributed by atoms with van der Waals surface area (Å²) in [5.41, 5.74) is 2.55. The average molecular weight is 289 g/mol. The number of fused-ring (bicyclic) bond motifs is 1. The number of pyridine rings is 1. The Kier molecular flexibility index (Phi) is 3.67. The molecule has 0 bridgehead atoms. The number of carbonyl (C=O) groups excluding carboxylic acids is 1. The maximum atomic E-state index is 12.4. The molecule has 0 radical (unpaired) electrons. The van der Waals surface area contributed by atoms with E-state index in [9.17, 15) is 4.79 Å². The highest BCUT2D eigenvalue weighted by Crippen LogP contribution is 2.28. The van der Waals surface area contributed by atoms with Crippen LogP contribution in [-0.2, 0) is 16.0 Å². The average Bonchev–Trinajstić information content (AvgIpc) is 2.49. The number of halogens is 1. The van der Waals surface area contributed by atoms with Crippen molar-refractivity contribution < 1.29 is 9.53 Å². The van der Waals surface area contributed by atoms with E-state index < -0.39 is 6.10 Å². The molecular formula is C15H13ClN2O2. The van der Waals surface area contributed by atoms with Gasteiger partial charge >= 0.3 is 0 Å². The first-order valence-electron chi connectivity index (χ1n) is 6.36. The Labute approximate surface area is 121 Å². The lowest BCUT2D eigenvalue weighted by molar-refractivity contribution is -0.128. The van der Waals surface area contributed by atoms with Gasteiger partial charge in [0.25, 0.3) is 5.91 Å². The molecule has 1 N–H and O–H groups in total. The summed E-state index contributed by atoms with van der Waals surface area (Å²) < 4.78 is 5.60. The molecule has 102 valence electrons. The zero-order chi connectivity index (χ0) is 13.9. The molecule has 0 saturated carbocycles. The van der Waals surface area contributed by atoms with Crippen molar-refractivity contribution in [3.63, 3.8) is 0 Å². The molecule has 1 unspecified atom stereocenters. The number of nitrogens with zero attached hydrogens (tertiary/aromatic N) is 1. The van der Waals surface area contributed by atoms with Gasteiger partial charge in [0.1, 0.15) is 0 Å². The summed E-state index contributed by atoms with van der Waals surface area (Å²) in [5.74, 6) is -0.230. The van der Waals surface area contributed by atoms with Crippen LogP contribution in [-0.4, -0.2) is 17.5 Å². The second-order valence-electron chi connectivity index (χ2n) is 4.53. The molecule has 20 heavy (non-hydrogen) atoms. The lowest BCUT2D eigenvalue weighted by Gasteiger charge is -2.25. The minimum Gasteiger partial charge on any atom is -0.363 e. The van der Waals surface area contributed by atoms with Crippen LogP contribution in [0.25, 0.3) is 0 Å². The van der Waals surface area contributed by atoms with E-state index >= 15 is 0 Å². The molecule has 1 aromatic carbocycles. The molecule has 0 saturated heterocycles. The Morgan fingerprint density at radius 2 is 2.15 bits per heavy atom. The number of carbonyl (C=O) groups is 1. The van der Waals surface area contributed by atoms with Gasteiger partial charge in [-0.25, -0.2) is 4.98 Å². The predicted molar refractivity (Wildman–Crippen MR) is 76.7 cm³/mol. The maximum absolute atomic E-state index is 12.4. The first-order valence-corrected chi connectivity index (χ1v) is 6.74. The minimum atomic E-state index is -0.601. The molecule has 1 amide bonds. The van der Waals surface area contributed by atoms with Gasteiger partial charge in [0.05, 0.1) is 12.3 Å². The van der Waals surface area contributed by atoms with Crippen LogP contribution in [0, 0.1) is 0 Å². The van der Waals surface area contributed by atoms with Crippen molar-refractivity contribution in [1.82, 2.24) is 4.98 Å². The van der Waals surface area contributed by atoms with Crippen molar-refractivity contribution >= 4 is 23.2 Å². The van der Waals surface area contributed by atoms with Crippen molar-refractivity contribution in [2.75, 3.05) is 11.9 Å². The summed E-state index contributed by atoms with van der Waals surface area (Å²) in [6.07, 6.45) is 1.80. The molecule has 0 aliphatic carbocycles. The molecule has 0 spiro atoms. The zero-order valence-electron chi connectivity index (χ0n) is 10.7. The van der Waals surface area contributed by atoms with Crippen LogP contribution in [0.15, 0.2) is 42.6 Å². The third kappa shape index (κ3) is 2.53. The highest BCUT2D eigenvalue weighted by atomic mass is 35.5. The molecule has 1 aromatic heterocycles. The SMILES string of the molecule is O=C(Nc1cccnc1Cl)C1OCCc2ccccc21. The van der Waals surface area contributed by atoms with Gasteiger partial charge in [-0.2, -0.15) is 0 Å². The number of amides is 1. The lowest BCUT2D eigenvalue weighted by atomic mass is 9.97. The second kappa shape index (κ2) is 5.61. The molecule has 0 fully saturated rings. The molecular weight excluding hydrogens is 276 g/mol. The number of rotatable bonds is 2. The van der Waals surface area contributed by atoms with Gasteiger partial charge in [0, 0.05) is 6.20 Å². The molecule has 4 nitrogen and oxygen atoms in total. The van der Waals surface area contributed by atoms with Crippen LogP contribution in [0.5, 0.6) is 0 Å². The van der Waals surface area contributed by atoms with Crippen LogP contribution < -0.4 is 5.32 Å².